The largest absolute Gasteiger partial charge is 0.346 e. The third-order valence-electron chi connectivity index (χ3n) is 2.99. The molecule has 0 spiro atoms. The Hall–Kier alpha value is -2.24. The van der Waals surface area contributed by atoms with E-state index in [1.165, 1.54) is 11.3 Å². The molecule has 0 aliphatic rings. The van der Waals surface area contributed by atoms with Crippen molar-refractivity contribution in [1.29, 1.82) is 0 Å². The van der Waals surface area contributed by atoms with E-state index in [0.29, 0.717) is 17.1 Å². The van der Waals surface area contributed by atoms with Gasteiger partial charge < -0.3 is 5.32 Å². The molecule has 0 saturated carbocycles. The molecule has 3 rings (SSSR count). The van der Waals surface area contributed by atoms with Crippen molar-refractivity contribution in [3.63, 3.8) is 0 Å². The monoisotopic (exact) mass is 329 g/mol. The van der Waals surface area contributed by atoms with Gasteiger partial charge in [0.15, 0.2) is 0 Å². The van der Waals surface area contributed by atoms with Crippen LogP contribution in [0, 0.1) is 0 Å². The van der Waals surface area contributed by atoms with Gasteiger partial charge in [-0.2, -0.15) is 0 Å². The van der Waals surface area contributed by atoms with Gasteiger partial charge in [0, 0.05) is 22.2 Å². The minimum atomic E-state index is -0.147. The summed E-state index contributed by atoms with van der Waals surface area (Å²) in [4.78, 5) is 20.8. The van der Waals surface area contributed by atoms with Gasteiger partial charge in [0.05, 0.1) is 17.9 Å². The zero-order valence-electron chi connectivity index (χ0n) is 11.5. The number of benzene rings is 1. The Labute approximate surface area is 136 Å². The molecule has 22 heavy (non-hydrogen) atoms. The lowest BCUT2D eigenvalue weighted by Gasteiger charge is -2.03. The molecule has 3 aromatic rings. The van der Waals surface area contributed by atoms with E-state index in [9.17, 15) is 4.79 Å². The Morgan fingerprint density at radius 1 is 1.14 bits per heavy atom. The molecule has 110 valence electrons. The fourth-order valence-corrected chi connectivity index (χ4v) is 2.74. The molecular formula is C16H12ClN3OS. The fourth-order valence-electron chi connectivity index (χ4n) is 1.88. The van der Waals surface area contributed by atoms with Gasteiger partial charge in [-0.25, -0.2) is 4.98 Å². The predicted octanol–water partition coefficient (Wildman–Crippen LogP) is 3.79. The summed E-state index contributed by atoms with van der Waals surface area (Å²) in [6.07, 6.45) is 1.73. The smallest absolute Gasteiger partial charge is 0.251 e. The van der Waals surface area contributed by atoms with E-state index in [4.69, 9.17) is 11.6 Å². The Morgan fingerprint density at radius 2 is 1.95 bits per heavy atom. The van der Waals surface area contributed by atoms with E-state index < -0.39 is 0 Å². The Morgan fingerprint density at radius 3 is 2.68 bits per heavy atom. The lowest BCUT2D eigenvalue weighted by atomic mass is 10.2. The molecule has 0 aliphatic carbocycles. The fraction of sp³-hybridized carbons (Fsp3) is 0.0625. The maximum absolute atomic E-state index is 12.0. The molecule has 1 N–H and O–H groups in total. The van der Waals surface area contributed by atoms with Crippen molar-refractivity contribution < 1.29 is 4.79 Å². The molecule has 2 aromatic heterocycles. The SMILES string of the molecule is O=C(NCc1nc(-c2ccccn2)cs1)c1ccc(Cl)cc1. The van der Waals surface area contributed by atoms with Crippen LogP contribution in [0.5, 0.6) is 0 Å². The lowest BCUT2D eigenvalue weighted by Crippen LogP contribution is -2.22. The van der Waals surface area contributed by atoms with Gasteiger partial charge in [0.2, 0.25) is 0 Å². The summed E-state index contributed by atoms with van der Waals surface area (Å²) in [6.45, 7) is 0.388. The lowest BCUT2D eigenvalue weighted by molar-refractivity contribution is 0.0951. The number of hydrogen-bond donors (Lipinski definition) is 1. The van der Waals surface area contributed by atoms with Crippen LogP contribution in [0.15, 0.2) is 54.0 Å². The van der Waals surface area contributed by atoms with Crippen LogP contribution in [0.2, 0.25) is 5.02 Å². The highest BCUT2D eigenvalue weighted by Crippen LogP contribution is 2.19. The molecule has 0 unspecified atom stereocenters. The van der Waals surface area contributed by atoms with Gasteiger partial charge in [-0.15, -0.1) is 11.3 Å². The van der Waals surface area contributed by atoms with E-state index in [2.05, 4.69) is 15.3 Å². The van der Waals surface area contributed by atoms with Crippen LogP contribution in [0.4, 0.5) is 0 Å². The molecule has 0 atom stereocenters. The number of amides is 1. The van der Waals surface area contributed by atoms with Crippen LogP contribution in [0.1, 0.15) is 15.4 Å². The highest BCUT2D eigenvalue weighted by atomic mass is 35.5. The summed E-state index contributed by atoms with van der Waals surface area (Å²) < 4.78 is 0. The van der Waals surface area contributed by atoms with Crippen LogP contribution in [0.25, 0.3) is 11.4 Å². The first-order valence-corrected chi connectivity index (χ1v) is 7.88. The second-order valence-electron chi connectivity index (χ2n) is 4.53. The first-order valence-electron chi connectivity index (χ1n) is 6.62. The number of thiazole rings is 1. The van der Waals surface area contributed by atoms with Crippen molar-refractivity contribution in [2.24, 2.45) is 0 Å². The predicted molar refractivity (Wildman–Crippen MR) is 88.0 cm³/mol. The maximum Gasteiger partial charge on any atom is 0.251 e. The Bertz CT molecular complexity index is 772. The van der Waals surface area contributed by atoms with Gasteiger partial charge in [-0.3, -0.25) is 9.78 Å². The summed E-state index contributed by atoms with van der Waals surface area (Å²) in [5.41, 5.74) is 2.22. The summed E-state index contributed by atoms with van der Waals surface area (Å²) in [6, 6.07) is 12.5. The van der Waals surface area contributed by atoms with Crippen molar-refractivity contribution >= 4 is 28.8 Å². The molecule has 0 fully saturated rings. The molecule has 6 heteroatoms. The first kappa shape index (κ1) is 14.7. The van der Waals surface area contributed by atoms with Gasteiger partial charge in [-0.1, -0.05) is 17.7 Å². The van der Waals surface area contributed by atoms with Gasteiger partial charge >= 0.3 is 0 Å². The number of aromatic nitrogens is 2. The van der Waals surface area contributed by atoms with Crippen LogP contribution in [0.3, 0.4) is 0 Å². The highest BCUT2D eigenvalue weighted by Gasteiger charge is 2.08. The van der Waals surface area contributed by atoms with Crippen molar-refractivity contribution in [1.82, 2.24) is 15.3 Å². The number of nitrogens with zero attached hydrogens (tertiary/aromatic N) is 2. The van der Waals surface area contributed by atoms with E-state index >= 15 is 0 Å². The second-order valence-corrected chi connectivity index (χ2v) is 5.91. The number of hydrogen-bond acceptors (Lipinski definition) is 4. The topological polar surface area (TPSA) is 54.9 Å². The number of nitrogens with one attached hydrogen (secondary N) is 1. The van der Waals surface area contributed by atoms with Crippen molar-refractivity contribution in [2.45, 2.75) is 6.54 Å². The average Bonchev–Trinajstić information content (AvgIpc) is 3.03. The van der Waals surface area contributed by atoms with E-state index in [-0.39, 0.29) is 5.91 Å². The molecule has 0 aliphatic heterocycles. The average molecular weight is 330 g/mol. The Kier molecular flexibility index (Phi) is 4.46. The van der Waals surface area contributed by atoms with Gasteiger partial charge in [0.25, 0.3) is 5.91 Å². The third-order valence-corrected chi connectivity index (χ3v) is 4.09. The normalized spacial score (nSPS) is 10.4. The minimum Gasteiger partial charge on any atom is -0.346 e. The number of carbonyl (C=O) groups is 1. The van der Waals surface area contributed by atoms with Crippen LogP contribution >= 0.6 is 22.9 Å². The highest BCUT2D eigenvalue weighted by molar-refractivity contribution is 7.09. The molecule has 0 radical (unpaired) electrons. The van der Waals surface area contributed by atoms with E-state index in [1.807, 2.05) is 23.6 Å². The molecular weight excluding hydrogens is 318 g/mol. The quantitative estimate of drug-likeness (QED) is 0.792. The molecule has 1 amide bonds. The van der Waals surface area contributed by atoms with E-state index in [1.54, 1.807) is 30.5 Å². The second kappa shape index (κ2) is 6.68. The number of halogens is 1. The van der Waals surface area contributed by atoms with Crippen molar-refractivity contribution in [3.8, 4) is 11.4 Å². The summed E-state index contributed by atoms with van der Waals surface area (Å²) in [7, 11) is 0. The summed E-state index contributed by atoms with van der Waals surface area (Å²) in [5, 5.41) is 6.23. The molecule has 4 nitrogen and oxygen atoms in total. The zero-order chi connectivity index (χ0) is 15.4. The van der Waals surface area contributed by atoms with Crippen molar-refractivity contribution in [3.05, 3.63) is 69.6 Å². The number of rotatable bonds is 4. The molecule has 2 heterocycles. The molecule has 1 aromatic carbocycles. The maximum atomic E-state index is 12.0. The van der Waals surface area contributed by atoms with Crippen LogP contribution in [-0.2, 0) is 6.54 Å². The Balaban J connectivity index is 1.64. The van der Waals surface area contributed by atoms with Crippen molar-refractivity contribution in [2.75, 3.05) is 0 Å². The minimum absolute atomic E-state index is 0.147. The van der Waals surface area contributed by atoms with E-state index in [0.717, 1.165) is 16.4 Å². The summed E-state index contributed by atoms with van der Waals surface area (Å²) >= 11 is 7.30. The van der Waals surface area contributed by atoms with Gasteiger partial charge in [-0.05, 0) is 36.4 Å². The zero-order valence-corrected chi connectivity index (χ0v) is 13.1. The molecule has 0 bridgehead atoms. The molecule has 0 saturated heterocycles. The standard InChI is InChI=1S/C16H12ClN3OS/c17-12-6-4-11(5-7-12)16(21)19-9-15-20-14(10-22-15)13-3-1-2-8-18-13/h1-8,10H,9H2,(H,19,21). The third kappa shape index (κ3) is 3.50. The first-order chi connectivity index (χ1) is 10.7. The number of carbonyl (C=O) groups excluding carboxylic acids is 1. The van der Waals surface area contributed by atoms with Crippen LogP contribution < -0.4 is 5.32 Å². The van der Waals surface area contributed by atoms with Crippen LogP contribution in [-0.4, -0.2) is 15.9 Å². The summed E-state index contributed by atoms with van der Waals surface area (Å²) in [5.74, 6) is -0.147. The van der Waals surface area contributed by atoms with Gasteiger partial charge in [0.1, 0.15) is 5.01 Å². The number of pyridine rings is 1.